The average molecular weight is 473 g/mol. The molecule has 0 radical (unpaired) electrons. The summed E-state index contributed by atoms with van der Waals surface area (Å²) in [5.74, 6) is -0.167. The van der Waals surface area contributed by atoms with E-state index in [1.165, 1.54) is 16.8 Å². The second-order valence-electron chi connectivity index (χ2n) is 9.00. The predicted molar refractivity (Wildman–Crippen MR) is 128 cm³/mol. The molecule has 0 saturated carbocycles. The lowest BCUT2D eigenvalue weighted by Crippen LogP contribution is -2.33. The summed E-state index contributed by atoms with van der Waals surface area (Å²) in [6, 6.07) is 8.41. The van der Waals surface area contributed by atoms with E-state index in [0.717, 1.165) is 0 Å². The van der Waals surface area contributed by atoms with Crippen molar-refractivity contribution in [2.75, 3.05) is 5.73 Å². The van der Waals surface area contributed by atoms with Gasteiger partial charge < -0.3 is 15.4 Å². The van der Waals surface area contributed by atoms with Crippen LogP contribution in [0.3, 0.4) is 0 Å². The second kappa shape index (κ2) is 8.55. The molecule has 2 unspecified atom stereocenters. The van der Waals surface area contributed by atoms with Gasteiger partial charge in [-0.3, -0.25) is 9.48 Å². The number of aryl methyl sites for hydroxylation is 1. The minimum absolute atomic E-state index is 0.0547. The van der Waals surface area contributed by atoms with E-state index in [1.54, 1.807) is 37.2 Å². The number of amides is 1. The number of benzene rings is 1. The van der Waals surface area contributed by atoms with Gasteiger partial charge in [-0.15, -0.1) is 0 Å². The molecule has 8 nitrogen and oxygen atoms in total. The smallest absolute Gasteiger partial charge is 0.230 e. The van der Waals surface area contributed by atoms with Crippen molar-refractivity contribution in [3.8, 4) is 22.9 Å². The third-order valence-corrected chi connectivity index (χ3v) is 6.65. The van der Waals surface area contributed by atoms with E-state index in [9.17, 15) is 14.4 Å². The minimum atomic E-state index is -0.596. The van der Waals surface area contributed by atoms with Gasteiger partial charge in [0.2, 0.25) is 5.91 Å². The molecule has 0 spiro atoms. The summed E-state index contributed by atoms with van der Waals surface area (Å²) in [5, 5.41) is 14.5. The highest BCUT2D eigenvalue weighted by atomic mass is 19.1. The zero-order valence-corrected chi connectivity index (χ0v) is 19.7. The maximum absolute atomic E-state index is 14.4. The van der Waals surface area contributed by atoms with E-state index in [-0.39, 0.29) is 24.2 Å². The zero-order chi connectivity index (χ0) is 24.9. The number of nitrogens with zero attached hydrogens (tertiary/aromatic N) is 5. The first-order chi connectivity index (χ1) is 16.8. The molecule has 178 valence electrons. The van der Waals surface area contributed by atoms with Crippen molar-refractivity contribution in [1.82, 2.24) is 19.7 Å². The number of hydrogen-bond acceptors (Lipinski definition) is 6. The number of nitrogens with two attached hydrogens (primary N) is 1. The Morgan fingerprint density at radius 2 is 2.09 bits per heavy atom. The zero-order valence-electron chi connectivity index (χ0n) is 19.7. The number of nitriles is 1. The van der Waals surface area contributed by atoms with Crippen molar-refractivity contribution in [3.63, 3.8) is 0 Å². The van der Waals surface area contributed by atoms with Gasteiger partial charge >= 0.3 is 0 Å². The predicted octanol–water partition coefficient (Wildman–Crippen LogP) is 4.33. The number of anilines is 1. The number of carbonyl (C=O) groups excluding carboxylic acids is 1. The van der Waals surface area contributed by atoms with Crippen LogP contribution >= 0.6 is 0 Å². The summed E-state index contributed by atoms with van der Waals surface area (Å²) >= 11 is 0. The summed E-state index contributed by atoms with van der Waals surface area (Å²) in [6.45, 7) is 3.85. The summed E-state index contributed by atoms with van der Waals surface area (Å²) < 4.78 is 22.1. The summed E-state index contributed by atoms with van der Waals surface area (Å²) in [4.78, 5) is 19.6. The summed E-state index contributed by atoms with van der Waals surface area (Å²) in [7, 11) is 1.69. The monoisotopic (exact) mass is 472 g/mol. The van der Waals surface area contributed by atoms with Crippen LogP contribution in [0.4, 0.5) is 10.2 Å². The van der Waals surface area contributed by atoms with Crippen LogP contribution in [0.25, 0.3) is 16.8 Å². The highest BCUT2D eigenvalue weighted by Gasteiger charge is 2.32. The molecule has 2 aliphatic rings. The van der Waals surface area contributed by atoms with Crippen LogP contribution in [0.2, 0.25) is 0 Å². The lowest BCUT2D eigenvalue weighted by Gasteiger charge is -2.29. The molecule has 4 heterocycles. The third-order valence-electron chi connectivity index (χ3n) is 6.65. The fourth-order valence-electron chi connectivity index (χ4n) is 4.82. The number of rotatable bonds is 0. The van der Waals surface area contributed by atoms with Crippen LogP contribution in [0.5, 0.6) is 5.75 Å². The van der Waals surface area contributed by atoms with E-state index >= 15 is 0 Å². The molecule has 0 aliphatic carbocycles. The van der Waals surface area contributed by atoms with Gasteiger partial charge in [0.05, 0.1) is 12.2 Å². The molecule has 3 aromatic rings. The van der Waals surface area contributed by atoms with Crippen molar-refractivity contribution < 1.29 is 13.9 Å². The largest absolute Gasteiger partial charge is 0.482 e. The molecular weight excluding hydrogens is 447 g/mol. The molecule has 2 aliphatic heterocycles. The number of aromatic nitrogens is 3. The van der Waals surface area contributed by atoms with Gasteiger partial charge in [-0.25, -0.2) is 9.37 Å². The lowest BCUT2D eigenvalue weighted by atomic mass is 9.97. The Labute approximate surface area is 202 Å². The van der Waals surface area contributed by atoms with Crippen molar-refractivity contribution in [2.24, 2.45) is 13.0 Å². The van der Waals surface area contributed by atoms with Crippen molar-refractivity contribution in [3.05, 3.63) is 64.9 Å². The van der Waals surface area contributed by atoms with Gasteiger partial charge in [0.15, 0.2) is 11.6 Å². The molecule has 9 heteroatoms. The molecule has 1 amide bonds. The van der Waals surface area contributed by atoms with Crippen LogP contribution in [0.15, 0.2) is 36.5 Å². The number of carbonyl (C=O) groups is 1. The second-order valence-corrected chi connectivity index (χ2v) is 9.00. The number of fused-ring (bicyclic) bond motifs is 7. The van der Waals surface area contributed by atoms with E-state index in [1.807, 2.05) is 13.0 Å². The number of pyridine rings is 1. The molecular formula is C26H25FN6O2. The first-order valence-corrected chi connectivity index (χ1v) is 11.5. The Bertz CT molecular complexity index is 1420. The van der Waals surface area contributed by atoms with Gasteiger partial charge in [0.1, 0.15) is 23.7 Å². The maximum atomic E-state index is 14.4. The van der Waals surface area contributed by atoms with Crippen LogP contribution in [-0.4, -0.2) is 25.6 Å². The standard InChI is InChI=1S/C26H25FN6O2/c1-14-5-4-6-21-18-8-7-17(27)10-19(18)15(2)35-23-9-16(12-30-25(23)29)24-20(13-33(21)26(14)34)31-32(3)22(24)11-28/h6-10,12,14-15H,4-5,13H2,1-3H3,(H2,29,30). The number of halogens is 1. The Balaban J connectivity index is 1.82. The Kier molecular flexibility index (Phi) is 5.52. The molecule has 5 rings (SSSR count). The molecule has 0 fully saturated rings. The van der Waals surface area contributed by atoms with E-state index in [4.69, 9.17) is 10.5 Å². The molecule has 2 atom stereocenters. The Hall–Kier alpha value is -4.19. The van der Waals surface area contributed by atoms with Gasteiger partial charge in [-0.1, -0.05) is 13.0 Å². The fourth-order valence-corrected chi connectivity index (χ4v) is 4.82. The van der Waals surface area contributed by atoms with E-state index < -0.39 is 11.9 Å². The van der Waals surface area contributed by atoms with Crippen molar-refractivity contribution in [1.29, 1.82) is 5.26 Å². The molecule has 2 aromatic heterocycles. The first-order valence-electron chi connectivity index (χ1n) is 11.5. The van der Waals surface area contributed by atoms with Crippen LogP contribution < -0.4 is 10.5 Å². The summed E-state index contributed by atoms with van der Waals surface area (Å²) in [6.07, 6.45) is 4.37. The van der Waals surface area contributed by atoms with Gasteiger partial charge in [-0.05, 0) is 44.0 Å². The van der Waals surface area contributed by atoms with Crippen LogP contribution in [-0.2, 0) is 18.4 Å². The van der Waals surface area contributed by atoms with Gasteiger partial charge in [-0.2, -0.15) is 10.4 Å². The Morgan fingerprint density at radius 3 is 2.86 bits per heavy atom. The SMILES string of the molecule is CC1CCC=C2c3ccc(F)cc3C(C)Oc3cc(cnc3N)-c3c(nn(C)c3C#N)CN2C1=O. The number of allylic oxidation sites excluding steroid dienone is 1. The highest BCUT2D eigenvalue weighted by Crippen LogP contribution is 2.39. The average Bonchev–Trinajstić information content (AvgIpc) is 3.08. The fraction of sp³-hybridized carbons (Fsp3) is 0.308. The van der Waals surface area contributed by atoms with Crippen LogP contribution in [0, 0.1) is 23.1 Å². The van der Waals surface area contributed by atoms with Crippen molar-refractivity contribution in [2.45, 2.75) is 39.3 Å². The van der Waals surface area contributed by atoms with Crippen molar-refractivity contribution >= 4 is 17.4 Å². The molecule has 1 aromatic carbocycles. The number of ether oxygens (including phenoxy) is 1. The Morgan fingerprint density at radius 1 is 1.29 bits per heavy atom. The lowest BCUT2D eigenvalue weighted by molar-refractivity contribution is -0.132. The quantitative estimate of drug-likeness (QED) is 0.522. The van der Waals surface area contributed by atoms with Gasteiger partial charge in [0, 0.05) is 47.1 Å². The maximum Gasteiger partial charge on any atom is 0.230 e. The normalized spacial score (nSPS) is 19.6. The number of nitrogen functional groups attached to an aromatic ring is 1. The first kappa shape index (κ1) is 22.6. The minimum Gasteiger partial charge on any atom is -0.482 e. The highest BCUT2D eigenvalue weighted by molar-refractivity contribution is 5.90. The topological polar surface area (TPSA) is 110 Å². The third kappa shape index (κ3) is 3.81. The molecule has 35 heavy (non-hydrogen) atoms. The van der Waals surface area contributed by atoms with E-state index in [0.29, 0.717) is 57.9 Å². The van der Waals surface area contributed by atoms with Gasteiger partial charge in [0.25, 0.3) is 0 Å². The molecule has 2 N–H and O–H groups in total. The molecule has 2 bridgehead atoms. The van der Waals surface area contributed by atoms with Crippen LogP contribution in [0.1, 0.15) is 55.3 Å². The summed E-state index contributed by atoms with van der Waals surface area (Å²) in [5.41, 5.74) is 10.1. The molecule has 0 saturated heterocycles. The van der Waals surface area contributed by atoms with E-state index in [2.05, 4.69) is 16.2 Å². The number of hydrogen-bond donors (Lipinski definition) is 1.